The van der Waals surface area contributed by atoms with Crippen molar-refractivity contribution >= 4 is 79.5 Å². The number of nitrogens with one attached hydrogen (secondary N) is 3. The van der Waals surface area contributed by atoms with Crippen LogP contribution in [0.15, 0.2) is 114 Å². The third kappa shape index (κ3) is 7.61. The fourth-order valence-electron chi connectivity index (χ4n) is 3.78. The lowest BCUT2D eigenvalue weighted by Crippen LogP contribution is -2.30. The molecule has 41 heavy (non-hydrogen) atoms. The topological polar surface area (TPSA) is 100 Å². The Balaban J connectivity index is 1.26. The van der Waals surface area contributed by atoms with Crippen LogP contribution in [-0.4, -0.2) is 28.5 Å². The Morgan fingerprint density at radius 1 is 0.854 bits per heavy atom. The fraction of sp³-hybridized carbons (Fsp3) is 0.0323. The molecule has 0 radical (unpaired) electrons. The van der Waals surface area contributed by atoms with E-state index in [0.717, 1.165) is 15.1 Å². The van der Waals surface area contributed by atoms with Gasteiger partial charge in [-0.3, -0.25) is 14.4 Å². The van der Waals surface area contributed by atoms with Gasteiger partial charge in [0.15, 0.2) is 5.13 Å². The van der Waals surface area contributed by atoms with Crippen molar-refractivity contribution in [2.24, 2.45) is 0 Å². The molecule has 5 rings (SSSR count). The smallest absolute Gasteiger partial charge is 0.272 e. The van der Waals surface area contributed by atoms with Gasteiger partial charge in [0.25, 0.3) is 11.8 Å². The largest absolute Gasteiger partial charge is 0.321 e. The molecule has 0 aliphatic rings. The molecule has 0 saturated heterocycles. The van der Waals surface area contributed by atoms with E-state index >= 15 is 0 Å². The molecule has 0 atom stereocenters. The Labute approximate surface area is 249 Å². The summed E-state index contributed by atoms with van der Waals surface area (Å²) in [5, 5.41) is 9.37. The zero-order valence-corrected chi connectivity index (χ0v) is 23.9. The van der Waals surface area contributed by atoms with Gasteiger partial charge in [-0.25, -0.2) is 4.98 Å². The number of carbonyl (C=O) groups excluding carboxylic acids is 3. The molecular weight excluding hydrogens is 576 g/mol. The number of para-hydroxylation sites is 1. The van der Waals surface area contributed by atoms with Gasteiger partial charge in [0.2, 0.25) is 5.91 Å². The molecule has 0 bridgehead atoms. The van der Waals surface area contributed by atoms with Crippen LogP contribution >= 0.6 is 34.7 Å². The van der Waals surface area contributed by atoms with Crippen molar-refractivity contribution in [1.82, 2.24) is 10.3 Å². The molecule has 10 heteroatoms. The highest BCUT2D eigenvalue weighted by atomic mass is 35.5. The van der Waals surface area contributed by atoms with E-state index in [2.05, 4.69) is 20.9 Å². The SMILES string of the molecule is O=C(CSc1cccc(NC(=O)/C(=C\c2ccccc2Cl)NC(=O)c2ccccc2)c1)Nc1nc2ccccc2s1. The molecule has 0 spiro atoms. The van der Waals surface area contributed by atoms with E-state index in [0.29, 0.717) is 27.0 Å². The minimum Gasteiger partial charge on any atom is -0.321 e. The molecule has 0 aliphatic heterocycles. The van der Waals surface area contributed by atoms with Crippen molar-refractivity contribution in [3.05, 3.63) is 125 Å². The second-order valence-electron chi connectivity index (χ2n) is 8.71. The van der Waals surface area contributed by atoms with Gasteiger partial charge in [0.1, 0.15) is 5.70 Å². The molecule has 1 heterocycles. The van der Waals surface area contributed by atoms with E-state index < -0.39 is 11.8 Å². The number of amides is 3. The lowest BCUT2D eigenvalue weighted by atomic mass is 10.1. The number of rotatable bonds is 9. The number of carbonyl (C=O) groups is 3. The molecule has 3 N–H and O–H groups in total. The van der Waals surface area contributed by atoms with Crippen LogP contribution in [-0.2, 0) is 9.59 Å². The summed E-state index contributed by atoms with van der Waals surface area (Å²) in [6.45, 7) is 0. The number of benzene rings is 4. The molecule has 7 nitrogen and oxygen atoms in total. The summed E-state index contributed by atoms with van der Waals surface area (Å²) >= 11 is 9.06. The van der Waals surface area contributed by atoms with Gasteiger partial charge in [-0.1, -0.05) is 77.5 Å². The van der Waals surface area contributed by atoms with Crippen LogP contribution < -0.4 is 16.0 Å². The van der Waals surface area contributed by atoms with Gasteiger partial charge in [-0.2, -0.15) is 0 Å². The Kier molecular flexibility index (Phi) is 9.10. The predicted molar refractivity (Wildman–Crippen MR) is 167 cm³/mol. The van der Waals surface area contributed by atoms with Crippen molar-refractivity contribution in [2.75, 3.05) is 16.4 Å². The van der Waals surface area contributed by atoms with Crippen molar-refractivity contribution in [1.29, 1.82) is 0 Å². The third-order valence-electron chi connectivity index (χ3n) is 5.74. The van der Waals surface area contributed by atoms with Crippen LogP contribution in [0.3, 0.4) is 0 Å². The van der Waals surface area contributed by atoms with Crippen LogP contribution in [0.2, 0.25) is 5.02 Å². The summed E-state index contributed by atoms with van der Waals surface area (Å²) in [4.78, 5) is 44.0. The third-order valence-corrected chi connectivity index (χ3v) is 8.03. The average Bonchev–Trinajstić information content (AvgIpc) is 3.39. The van der Waals surface area contributed by atoms with Gasteiger partial charge in [0, 0.05) is 21.2 Å². The van der Waals surface area contributed by atoms with E-state index in [-0.39, 0.29) is 17.4 Å². The Bertz CT molecular complexity index is 1720. The summed E-state index contributed by atoms with van der Waals surface area (Å²) in [5.74, 6) is -0.970. The Morgan fingerprint density at radius 2 is 1.61 bits per heavy atom. The maximum absolute atomic E-state index is 13.3. The summed E-state index contributed by atoms with van der Waals surface area (Å²) in [6.07, 6.45) is 1.53. The van der Waals surface area contributed by atoms with Gasteiger partial charge < -0.3 is 16.0 Å². The number of fused-ring (bicyclic) bond motifs is 1. The first kappa shape index (κ1) is 28.1. The minimum atomic E-state index is -0.523. The molecule has 1 aromatic heterocycles. The summed E-state index contributed by atoms with van der Waals surface area (Å²) in [5.41, 5.74) is 2.36. The summed E-state index contributed by atoms with van der Waals surface area (Å²) in [7, 11) is 0. The first-order valence-corrected chi connectivity index (χ1v) is 14.6. The van der Waals surface area contributed by atoms with Crippen LogP contribution in [0.25, 0.3) is 16.3 Å². The molecule has 5 aromatic rings. The van der Waals surface area contributed by atoms with Crippen LogP contribution in [0.4, 0.5) is 10.8 Å². The zero-order valence-electron chi connectivity index (χ0n) is 21.5. The molecule has 0 unspecified atom stereocenters. The van der Waals surface area contributed by atoms with E-state index in [1.165, 1.54) is 29.2 Å². The van der Waals surface area contributed by atoms with Gasteiger partial charge in [-0.15, -0.1) is 11.8 Å². The quantitative estimate of drug-likeness (QED) is 0.124. The highest BCUT2D eigenvalue weighted by Gasteiger charge is 2.16. The van der Waals surface area contributed by atoms with E-state index in [9.17, 15) is 14.4 Å². The van der Waals surface area contributed by atoms with E-state index in [1.807, 2.05) is 30.3 Å². The average molecular weight is 599 g/mol. The predicted octanol–water partition coefficient (Wildman–Crippen LogP) is 7.09. The molecule has 3 amide bonds. The number of halogens is 1. The minimum absolute atomic E-state index is 0.0280. The van der Waals surface area contributed by atoms with Crippen molar-refractivity contribution in [3.63, 3.8) is 0 Å². The molecule has 0 fully saturated rings. The summed E-state index contributed by atoms with van der Waals surface area (Å²) in [6, 6.07) is 30.5. The molecule has 4 aromatic carbocycles. The van der Waals surface area contributed by atoms with Crippen molar-refractivity contribution < 1.29 is 14.4 Å². The summed E-state index contributed by atoms with van der Waals surface area (Å²) < 4.78 is 1.00. The van der Waals surface area contributed by atoms with Crippen LogP contribution in [0.1, 0.15) is 15.9 Å². The maximum atomic E-state index is 13.3. The standard InChI is InChI=1S/C31H23ClN4O3S2/c32-24-14-5-4-11-21(24)17-26(34-29(38)20-9-2-1-3-10-20)30(39)33-22-12-8-13-23(18-22)40-19-28(37)36-31-35-25-15-6-7-16-27(25)41-31/h1-18H,19H2,(H,33,39)(H,34,38)(H,35,36,37)/b26-17+. The monoisotopic (exact) mass is 598 g/mol. The lowest BCUT2D eigenvalue weighted by molar-refractivity contribution is -0.114. The van der Waals surface area contributed by atoms with Crippen LogP contribution in [0.5, 0.6) is 0 Å². The fourth-order valence-corrected chi connectivity index (χ4v) is 5.61. The zero-order chi connectivity index (χ0) is 28.6. The van der Waals surface area contributed by atoms with Gasteiger partial charge in [-0.05, 0) is 60.2 Å². The second-order valence-corrected chi connectivity index (χ2v) is 11.2. The first-order chi connectivity index (χ1) is 19.9. The number of thiazole rings is 1. The number of thioether (sulfide) groups is 1. The lowest BCUT2D eigenvalue weighted by Gasteiger charge is -2.12. The second kappa shape index (κ2) is 13.3. The molecule has 204 valence electrons. The van der Waals surface area contributed by atoms with Crippen molar-refractivity contribution in [3.8, 4) is 0 Å². The Hall–Kier alpha value is -4.44. The highest BCUT2D eigenvalue weighted by Crippen LogP contribution is 2.27. The number of nitrogens with zero attached hydrogens (tertiary/aromatic N) is 1. The molecule has 0 aliphatic carbocycles. The number of aromatic nitrogens is 1. The maximum Gasteiger partial charge on any atom is 0.272 e. The number of hydrogen-bond donors (Lipinski definition) is 3. The van der Waals surface area contributed by atoms with Gasteiger partial charge >= 0.3 is 0 Å². The number of hydrogen-bond acceptors (Lipinski definition) is 6. The first-order valence-electron chi connectivity index (χ1n) is 12.5. The Morgan fingerprint density at radius 3 is 2.41 bits per heavy atom. The molecule has 0 saturated carbocycles. The molecular formula is C31H23ClN4O3S2. The normalized spacial score (nSPS) is 11.2. The van der Waals surface area contributed by atoms with E-state index in [4.69, 9.17) is 11.6 Å². The van der Waals surface area contributed by atoms with Crippen LogP contribution in [0, 0.1) is 0 Å². The number of anilines is 2. The highest BCUT2D eigenvalue weighted by molar-refractivity contribution is 8.00. The van der Waals surface area contributed by atoms with E-state index in [1.54, 1.807) is 72.8 Å². The van der Waals surface area contributed by atoms with Gasteiger partial charge in [0.05, 0.1) is 16.0 Å². The van der Waals surface area contributed by atoms with Crippen molar-refractivity contribution in [2.45, 2.75) is 4.90 Å².